The highest BCUT2D eigenvalue weighted by molar-refractivity contribution is 7.92. The Kier molecular flexibility index (Phi) is 8.17. The molecule has 0 saturated heterocycles. The fourth-order valence-electron chi connectivity index (χ4n) is 3.68. The molecule has 0 aliphatic rings. The number of anilines is 2. The second-order valence-corrected chi connectivity index (χ2v) is 11.2. The number of pyridine rings is 1. The number of sulfonamides is 1. The van der Waals surface area contributed by atoms with Crippen molar-refractivity contribution in [1.82, 2.24) is 4.98 Å². The van der Waals surface area contributed by atoms with Gasteiger partial charge in [0.2, 0.25) is 0 Å². The number of nitrogens with zero attached hydrogens (tertiary/aromatic N) is 2. The van der Waals surface area contributed by atoms with Gasteiger partial charge in [0.25, 0.3) is 10.0 Å². The summed E-state index contributed by atoms with van der Waals surface area (Å²) in [5.74, 6) is -0.857. The maximum Gasteiger partial charge on any atom is 0.339 e. The first-order valence-electron chi connectivity index (χ1n) is 11.7. The van der Waals surface area contributed by atoms with Crippen molar-refractivity contribution in [3.05, 3.63) is 83.6 Å². The number of nitrogens with one attached hydrogen (secondary N) is 1. The molecule has 0 aliphatic heterocycles. The van der Waals surface area contributed by atoms with Crippen LogP contribution in [-0.2, 0) is 22.0 Å². The summed E-state index contributed by atoms with van der Waals surface area (Å²) in [5.41, 5.74) is 1.99. The third-order valence-corrected chi connectivity index (χ3v) is 7.07. The normalized spacial score (nSPS) is 11.8. The van der Waals surface area contributed by atoms with E-state index >= 15 is 0 Å². The summed E-state index contributed by atoms with van der Waals surface area (Å²) in [6, 6.07) is 17.8. The molecule has 0 aliphatic carbocycles. The number of aromatic carboxylic acids is 1. The van der Waals surface area contributed by atoms with Crippen LogP contribution in [0.25, 0.3) is 0 Å². The molecule has 2 aromatic carbocycles. The highest BCUT2D eigenvalue weighted by Crippen LogP contribution is 2.27. The molecule has 0 amide bonds. The van der Waals surface area contributed by atoms with Crippen LogP contribution >= 0.6 is 0 Å². The number of hydrogen-bond acceptors (Lipinski definition) is 5. The molecule has 186 valence electrons. The average molecular weight is 496 g/mol. The van der Waals surface area contributed by atoms with Gasteiger partial charge in [-0.1, -0.05) is 76.6 Å². The zero-order valence-corrected chi connectivity index (χ0v) is 21.5. The van der Waals surface area contributed by atoms with Crippen LogP contribution in [0, 0.1) is 0 Å². The zero-order chi connectivity index (χ0) is 25.6. The number of carboxylic acids is 1. The summed E-state index contributed by atoms with van der Waals surface area (Å²) in [4.78, 5) is 18.5. The van der Waals surface area contributed by atoms with E-state index in [0.29, 0.717) is 18.9 Å². The van der Waals surface area contributed by atoms with Gasteiger partial charge in [-0.2, -0.15) is 0 Å². The van der Waals surface area contributed by atoms with Crippen LogP contribution in [-0.4, -0.2) is 31.0 Å². The molecule has 8 heteroatoms. The number of aromatic nitrogens is 1. The smallest absolute Gasteiger partial charge is 0.339 e. The van der Waals surface area contributed by atoms with Crippen LogP contribution in [0.3, 0.4) is 0 Å². The maximum atomic E-state index is 12.9. The van der Waals surface area contributed by atoms with Crippen molar-refractivity contribution in [2.45, 2.75) is 57.4 Å². The number of rotatable bonds is 10. The van der Waals surface area contributed by atoms with Gasteiger partial charge in [0.15, 0.2) is 0 Å². The van der Waals surface area contributed by atoms with E-state index in [1.54, 1.807) is 24.3 Å². The van der Waals surface area contributed by atoms with Crippen molar-refractivity contribution in [1.29, 1.82) is 0 Å². The van der Waals surface area contributed by atoms with E-state index < -0.39 is 16.0 Å². The van der Waals surface area contributed by atoms with E-state index in [2.05, 4.69) is 37.4 Å². The minimum atomic E-state index is -3.91. The fraction of sp³-hybridized carbons (Fsp3) is 0.333. The van der Waals surface area contributed by atoms with Gasteiger partial charge >= 0.3 is 5.97 Å². The SMILES string of the molecule is CCCCN(Cc1ccccc1)c1ncc(NS(=O)(=O)c2ccc(C(C)(C)C)cc2)cc1C(=O)O. The quantitative estimate of drug-likeness (QED) is 0.375. The number of carbonyl (C=O) groups is 1. The highest BCUT2D eigenvalue weighted by atomic mass is 32.2. The van der Waals surface area contributed by atoms with Gasteiger partial charge in [-0.15, -0.1) is 0 Å². The lowest BCUT2D eigenvalue weighted by Crippen LogP contribution is -2.27. The van der Waals surface area contributed by atoms with Crippen molar-refractivity contribution in [2.24, 2.45) is 0 Å². The van der Waals surface area contributed by atoms with Gasteiger partial charge in [-0.25, -0.2) is 18.2 Å². The standard InChI is InChI=1S/C27H33N3O4S/c1-5-6-16-30(19-20-10-8-7-9-11-20)25-24(26(31)32)17-22(18-28-25)29-35(33,34)23-14-12-21(13-15-23)27(2,3)4/h7-15,17-18,29H,5-6,16,19H2,1-4H3,(H,31,32). The Balaban J connectivity index is 1.91. The Bertz CT molecular complexity index is 1250. The first kappa shape index (κ1) is 26.2. The molecule has 1 heterocycles. The second-order valence-electron chi connectivity index (χ2n) is 9.54. The van der Waals surface area contributed by atoms with Gasteiger partial charge < -0.3 is 10.0 Å². The van der Waals surface area contributed by atoms with Crippen molar-refractivity contribution in [3.8, 4) is 0 Å². The molecule has 3 rings (SSSR count). The van der Waals surface area contributed by atoms with E-state index in [9.17, 15) is 18.3 Å². The van der Waals surface area contributed by atoms with Crippen LogP contribution in [0.15, 0.2) is 71.8 Å². The number of unbranched alkanes of at least 4 members (excludes halogenated alkanes) is 1. The fourth-order valence-corrected chi connectivity index (χ4v) is 4.72. The molecule has 0 radical (unpaired) electrons. The van der Waals surface area contributed by atoms with Crippen molar-refractivity contribution < 1.29 is 18.3 Å². The summed E-state index contributed by atoms with van der Waals surface area (Å²) in [6.45, 7) is 9.35. The van der Waals surface area contributed by atoms with E-state index in [-0.39, 0.29) is 21.6 Å². The molecule has 7 nitrogen and oxygen atoms in total. The summed E-state index contributed by atoms with van der Waals surface area (Å²) in [6.07, 6.45) is 3.18. The Labute approximate surface area is 207 Å². The van der Waals surface area contributed by atoms with Crippen molar-refractivity contribution in [3.63, 3.8) is 0 Å². The molecular formula is C27H33N3O4S. The summed E-state index contributed by atoms with van der Waals surface area (Å²) in [5, 5.41) is 9.91. The second kappa shape index (κ2) is 10.9. The molecule has 2 N–H and O–H groups in total. The van der Waals surface area contributed by atoms with Crippen molar-refractivity contribution >= 4 is 27.5 Å². The monoisotopic (exact) mass is 495 g/mol. The predicted octanol–water partition coefficient (Wildman–Crippen LogP) is 5.68. The number of hydrogen-bond donors (Lipinski definition) is 2. The zero-order valence-electron chi connectivity index (χ0n) is 20.7. The van der Waals surface area contributed by atoms with E-state index in [4.69, 9.17) is 0 Å². The minimum absolute atomic E-state index is 0.0553. The van der Waals surface area contributed by atoms with Gasteiger partial charge in [0.1, 0.15) is 11.4 Å². The highest BCUT2D eigenvalue weighted by Gasteiger charge is 2.22. The molecule has 35 heavy (non-hydrogen) atoms. The summed E-state index contributed by atoms with van der Waals surface area (Å²) in [7, 11) is -3.91. The van der Waals surface area contributed by atoms with Crippen molar-refractivity contribution in [2.75, 3.05) is 16.2 Å². The molecule has 0 spiro atoms. The first-order chi connectivity index (χ1) is 16.5. The van der Waals surface area contributed by atoms with E-state index in [0.717, 1.165) is 24.0 Å². The lowest BCUT2D eigenvalue weighted by atomic mass is 9.87. The van der Waals surface area contributed by atoms with Crippen LogP contribution in [0.4, 0.5) is 11.5 Å². The first-order valence-corrected chi connectivity index (χ1v) is 13.1. The van der Waals surface area contributed by atoms with Gasteiger partial charge in [0, 0.05) is 13.1 Å². The van der Waals surface area contributed by atoms with Crippen LogP contribution < -0.4 is 9.62 Å². The Morgan fingerprint density at radius 1 is 1.06 bits per heavy atom. The Morgan fingerprint density at radius 2 is 1.71 bits per heavy atom. The topological polar surface area (TPSA) is 99.6 Å². The van der Waals surface area contributed by atoms with E-state index in [1.807, 2.05) is 35.2 Å². The summed E-state index contributed by atoms with van der Waals surface area (Å²) < 4.78 is 28.4. The number of benzene rings is 2. The lowest BCUT2D eigenvalue weighted by Gasteiger charge is -2.25. The number of carboxylic acid groups (broad SMARTS) is 1. The Morgan fingerprint density at radius 3 is 2.29 bits per heavy atom. The Hall–Kier alpha value is -3.39. The van der Waals surface area contributed by atoms with Gasteiger partial charge in [-0.3, -0.25) is 4.72 Å². The minimum Gasteiger partial charge on any atom is -0.478 e. The third kappa shape index (κ3) is 6.82. The molecule has 0 bridgehead atoms. The molecule has 3 aromatic rings. The van der Waals surface area contributed by atoms with Crippen LogP contribution in [0.5, 0.6) is 0 Å². The summed E-state index contributed by atoms with van der Waals surface area (Å²) >= 11 is 0. The largest absolute Gasteiger partial charge is 0.478 e. The molecule has 0 saturated carbocycles. The van der Waals surface area contributed by atoms with Crippen LogP contribution in [0.1, 0.15) is 62.0 Å². The molecule has 0 atom stereocenters. The third-order valence-electron chi connectivity index (χ3n) is 5.68. The lowest BCUT2D eigenvalue weighted by molar-refractivity contribution is 0.0697. The van der Waals surface area contributed by atoms with Gasteiger partial charge in [0.05, 0.1) is 16.8 Å². The molecule has 0 fully saturated rings. The molecular weight excluding hydrogens is 462 g/mol. The molecule has 1 aromatic heterocycles. The van der Waals surface area contributed by atoms with Crippen LogP contribution in [0.2, 0.25) is 0 Å². The van der Waals surface area contributed by atoms with Gasteiger partial charge in [-0.05, 0) is 41.2 Å². The van der Waals surface area contributed by atoms with E-state index in [1.165, 1.54) is 12.3 Å². The molecule has 0 unspecified atom stereocenters. The predicted molar refractivity (Wildman–Crippen MR) is 140 cm³/mol. The average Bonchev–Trinajstić information content (AvgIpc) is 2.81. The maximum absolute atomic E-state index is 12.9.